The van der Waals surface area contributed by atoms with Crippen molar-refractivity contribution in [1.82, 2.24) is 15.0 Å². The van der Waals surface area contributed by atoms with Gasteiger partial charge >= 0.3 is 5.69 Å². The molecular formula is C11H14N6O2S. The van der Waals surface area contributed by atoms with E-state index in [-0.39, 0.29) is 11.5 Å². The average Bonchev–Trinajstić information content (AvgIpc) is 2.80. The Morgan fingerprint density at radius 2 is 2.10 bits per heavy atom. The zero-order valence-electron chi connectivity index (χ0n) is 11.3. The van der Waals surface area contributed by atoms with Crippen LogP contribution in [0.3, 0.4) is 0 Å². The minimum atomic E-state index is -0.476. The Kier molecular flexibility index (Phi) is 4.08. The minimum absolute atomic E-state index is 0.105. The summed E-state index contributed by atoms with van der Waals surface area (Å²) in [7, 11) is 1.66. The van der Waals surface area contributed by atoms with Crippen LogP contribution in [0.4, 0.5) is 17.5 Å². The molecule has 0 saturated heterocycles. The van der Waals surface area contributed by atoms with Crippen molar-refractivity contribution in [2.45, 2.75) is 20.4 Å². The highest BCUT2D eigenvalue weighted by Crippen LogP contribution is 2.27. The smallest absolute Gasteiger partial charge is 0.332 e. The maximum atomic E-state index is 11.1. The zero-order chi connectivity index (χ0) is 14.7. The molecule has 2 aromatic rings. The SMILES string of the molecule is CNc1nc(C)c([N+](=O)[O-])c(NCc2scnc2C)n1. The van der Waals surface area contributed by atoms with E-state index in [9.17, 15) is 10.1 Å². The summed E-state index contributed by atoms with van der Waals surface area (Å²) in [6, 6.07) is 0. The van der Waals surface area contributed by atoms with Crippen LogP contribution < -0.4 is 10.6 Å². The van der Waals surface area contributed by atoms with E-state index in [1.165, 1.54) is 11.3 Å². The number of hydrogen-bond donors (Lipinski definition) is 2. The number of thiazole rings is 1. The van der Waals surface area contributed by atoms with Gasteiger partial charge in [-0.2, -0.15) is 4.98 Å². The van der Waals surface area contributed by atoms with Gasteiger partial charge in [0.1, 0.15) is 5.69 Å². The molecule has 0 bridgehead atoms. The van der Waals surface area contributed by atoms with Crippen LogP contribution in [-0.4, -0.2) is 26.9 Å². The topological polar surface area (TPSA) is 106 Å². The van der Waals surface area contributed by atoms with E-state index in [0.717, 1.165) is 10.6 Å². The van der Waals surface area contributed by atoms with Gasteiger partial charge in [-0.15, -0.1) is 11.3 Å². The van der Waals surface area contributed by atoms with Gasteiger partial charge in [0.05, 0.1) is 22.7 Å². The van der Waals surface area contributed by atoms with Crippen molar-refractivity contribution < 1.29 is 4.92 Å². The molecule has 2 rings (SSSR count). The quantitative estimate of drug-likeness (QED) is 0.642. The molecule has 20 heavy (non-hydrogen) atoms. The third-order valence-corrected chi connectivity index (χ3v) is 3.66. The molecule has 2 heterocycles. The Bertz CT molecular complexity index is 642. The van der Waals surface area contributed by atoms with E-state index in [1.54, 1.807) is 19.5 Å². The van der Waals surface area contributed by atoms with E-state index in [2.05, 4.69) is 25.6 Å². The van der Waals surface area contributed by atoms with Crippen LogP contribution in [-0.2, 0) is 6.54 Å². The van der Waals surface area contributed by atoms with Crippen molar-refractivity contribution in [3.63, 3.8) is 0 Å². The highest BCUT2D eigenvalue weighted by Gasteiger charge is 2.21. The molecule has 0 fully saturated rings. The molecule has 0 aromatic carbocycles. The molecule has 0 saturated carbocycles. The Morgan fingerprint density at radius 3 is 2.65 bits per heavy atom. The number of nitrogens with zero attached hydrogens (tertiary/aromatic N) is 4. The first-order valence-electron chi connectivity index (χ1n) is 5.86. The lowest BCUT2D eigenvalue weighted by molar-refractivity contribution is -0.385. The number of rotatable bonds is 5. The molecule has 106 valence electrons. The van der Waals surface area contributed by atoms with Gasteiger partial charge in [-0.05, 0) is 13.8 Å². The van der Waals surface area contributed by atoms with Crippen molar-refractivity contribution in [2.75, 3.05) is 17.7 Å². The largest absolute Gasteiger partial charge is 0.359 e. The fourth-order valence-electron chi connectivity index (χ4n) is 1.68. The summed E-state index contributed by atoms with van der Waals surface area (Å²) in [5.74, 6) is 0.552. The predicted octanol–water partition coefficient (Wildman–Crippen LogP) is 2.11. The van der Waals surface area contributed by atoms with E-state index in [0.29, 0.717) is 18.2 Å². The van der Waals surface area contributed by atoms with Crippen molar-refractivity contribution >= 4 is 28.8 Å². The summed E-state index contributed by atoms with van der Waals surface area (Å²) in [5.41, 5.74) is 2.86. The van der Waals surface area contributed by atoms with Crippen molar-refractivity contribution in [3.05, 3.63) is 31.9 Å². The molecule has 0 atom stereocenters. The molecule has 2 N–H and O–H groups in total. The van der Waals surface area contributed by atoms with E-state index in [4.69, 9.17) is 0 Å². The maximum Gasteiger partial charge on any atom is 0.332 e. The van der Waals surface area contributed by atoms with Crippen molar-refractivity contribution in [3.8, 4) is 0 Å². The summed E-state index contributed by atoms with van der Waals surface area (Å²) in [5, 5.41) is 16.9. The first-order valence-corrected chi connectivity index (χ1v) is 6.74. The second kappa shape index (κ2) is 5.78. The van der Waals surface area contributed by atoms with Crippen LogP contribution >= 0.6 is 11.3 Å². The Balaban J connectivity index is 2.31. The number of aromatic nitrogens is 3. The van der Waals surface area contributed by atoms with Crippen LogP contribution in [0.1, 0.15) is 16.3 Å². The highest BCUT2D eigenvalue weighted by atomic mass is 32.1. The summed E-state index contributed by atoms with van der Waals surface area (Å²) >= 11 is 1.49. The fraction of sp³-hybridized carbons (Fsp3) is 0.364. The van der Waals surface area contributed by atoms with E-state index in [1.807, 2.05) is 6.92 Å². The van der Waals surface area contributed by atoms with Crippen LogP contribution in [0.15, 0.2) is 5.51 Å². The maximum absolute atomic E-state index is 11.1. The monoisotopic (exact) mass is 294 g/mol. The average molecular weight is 294 g/mol. The molecule has 0 unspecified atom stereocenters. The zero-order valence-corrected chi connectivity index (χ0v) is 12.1. The van der Waals surface area contributed by atoms with Crippen LogP contribution in [0.2, 0.25) is 0 Å². The fourth-order valence-corrected chi connectivity index (χ4v) is 2.40. The molecule has 0 spiro atoms. The summed E-state index contributed by atoms with van der Waals surface area (Å²) in [6.07, 6.45) is 0. The van der Waals surface area contributed by atoms with E-state index < -0.39 is 4.92 Å². The first-order chi connectivity index (χ1) is 9.52. The van der Waals surface area contributed by atoms with Crippen LogP contribution in [0.25, 0.3) is 0 Å². The van der Waals surface area contributed by atoms with Gasteiger partial charge in [0.25, 0.3) is 0 Å². The van der Waals surface area contributed by atoms with Gasteiger partial charge < -0.3 is 10.6 Å². The lowest BCUT2D eigenvalue weighted by atomic mass is 10.3. The van der Waals surface area contributed by atoms with E-state index >= 15 is 0 Å². The summed E-state index contributed by atoms with van der Waals surface area (Å²) in [6.45, 7) is 3.92. The summed E-state index contributed by atoms with van der Waals surface area (Å²) < 4.78 is 0. The Labute approximate surface area is 119 Å². The van der Waals surface area contributed by atoms with Gasteiger partial charge in [-0.1, -0.05) is 0 Å². The number of nitrogens with one attached hydrogen (secondary N) is 2. The molecular weight excluding hydrogens is 280 g/mol. The molecule has 0 aliphatic carbocycles. The van der Waals surface area contributed by atoms with Gasteiger partial charge in [0.15, 0.2) is 0 Å². The Morgan fingerprint density at radius 1 is 1.35 bits per heavy atom. The van der Waals surface area contributed by atoms with Crippen LogP contribution in [0, 0.1) is 24.0 Å². The third-order valence-electron chi connectivity index (χ3n) is 2.73. The number of aryl methyl sites for hydroxylation is 2. The molecule has 0 aliphatic rings. The van der Waals surface area contributed by atoms with Gasteiger partial charge in [0.2, 0.25) is 11.8 Å². The number of anilines is 2. The predicted molar refractivity (Wildman–Crippen MR) is 77.1 cm³/mol. The van der Waals surface area contributed by atoms with Gasteiger partial charge in [0, 0.05) is 11.9 Å². The Hall–Kier alpha value is -2.29. The lowest BCUT2D eigenvalue weighted by Gasteiger charge is -2.08. The second-order valence-electron chi connectivity index (χ2n) is 4.05. The first kappa shape index (κ1) is 14.1. The van der Waals surface area contributed by atoms with Crippen molar-refractivity contribution in [1.29, 1.82) is 0 Å². The van der Waals surface area contributed by atoms with Gasteiger partial charge in [-0.25, -0.2) is 9.97 Å². The minimum Gasteiger partial charge on any atom is -0.359 e. The molecule has 9 heteroatoms. The molecule has 0 amide bonds. The molecule has 0 radical (unpaired) electrons. The van der Waals surface area contributed by atoms with Crippen molar-refractivity contribution in [2.24, 2.45) is 0 Å². The van der Waals surface area contributed by atoms with Crippen LogP contribution in [0.5, 0.6) is 0 Å². The highest BCUT2D eigenvalue weighted by molar-refractivity contribution is 7.09. The third kappa shape index (κ3) is 2.82. The normalized spacial score (nSPS) is 10.3. The number of hydrogen-bond acceptors (Lipinski definition) is 8. The van der Waals surface area contributed by atoms with Gasteiger partial charge in [-0.3, -0.25) is 10.1 Å². The summed E-state index contributed by atoms with van der Waals surface area (Å²) in [4.78, 5) is 23.9. The molecule has 8 nitrogen and oxygen atoms in total. The molecule has 0 aliphatic heterocycles. The molecule has 2 aromatic heterocycles. The second-order valence-corrected chi connectivity index (χ2v) is 4.99. The standard InChI is InChI=1S/C11H14N6O2S/c1-6-8(20-5-14-6)4-13-10-9(17(18)19)7(2)15-11(12-3)16-10/h5H,4H2,1-3H3,(H2,12,13,15,16). The number of nitro groups is 1. The lowest BCUT2D eigenvalue weighted by Crippen LogP contribution is -2.09.